The smallest absolute Gasteiger partial charge is 0.239 e. The number of aliphatic hydroxyl groups is 1. The van der Waals surface area contributed by atoms with Crippen molar-refractivity contribution in [1.82, 2.24) is 10.3 Å². The minimum absolute atomic E-state index is 0.0210. The minimum atomic E-state index is -0.508. The van der Waals surface area contributed by atoms with Crippen LogP contribution in [0.1, 0.15) is 18.6 Å². The second kappa shape index (κ2) is 4.49. The number of hydrogen-bond donors (Lipinski definition) is 2. The molecule has 16 heavy (non-hydrogen) atoms. The molecule has 0 aromatic carbocycles. The average molecular weight is 221 g/mol. The molecule has 0 spiro atoms. The van der Waals surface area contributed by atoms with E-state index in [2.05, 4.69) is 10.3 Å². The van der Waals surface area contributed by atoms with Gasteiger partial charge in [-0.3, -0.25) is 4.79 Å². The van der Waals surface area contributed by atoms with E-state index in [-0.39, 0.29) is 5.91 Å². The van der Waals surface area contributed by atoms with Crippen molar-refractivity contribution >= 4 is 11.7 Å². The summed E-state index contributed by atoms with van der Waals surface area (Å²) in [5.74, 6) is 0.798. The van der Waals surface area contributed by atoms with Crippen LogP contribution in [0.2, 0.25) is 0 Å². The van der Waals surface area contributed by atoms with Crippen LogP contribution in [-0.4, -0.2) is 35.6 Å². The summed E-state index contributed by atoms with van der Waals surface area (Å²) < 4.78 is 0. The number of anilines is 1. The maximum atomic E-state index is 11.2. The standard InChI is InChI=1S/C11H15N3O2/c1-8(15)9-2-3-10(13-6-9)14-5-4-12-11(16)7-14/h2-3,6,8,15H,4-5,7H2,1H3,(H,12,16). The molecule has 2 rings (SSSR count). The molecule has 1 fully saturated rings. The molecule has 1 aromatic rings. The van der Waals surface area contributed by atoms with E-state index in [1.165, 1.54) is 0 Å². The Morgan fingerprint density at radius 1 is 1.56 bits per heavy atom. The van der Waals surface area contributed by atoms with Gasteiger partial charge in [0.1, 0.15) is 5.82 Å². The zero-order valence-electron chi connectivity index (χ0n) is 9.18. The third-order valence-corrected chi connectivity index (χ3v) is 2.62. The Kier molecular flexibility index (Phi) is 3.05. The molecule has 1 aliphatic heterocycles. The van der Waals surface area contributed by atoms with Crippen molar-refractivity contribution in [2.75, 3.05) is 24.5 Å². The van der Waals surface area contributed by atoms with Gasteiger partial charge in [-0.2, -0.15) is 0 Å². The van der Waals surface area contributed by atoms with Crippen molar-refractivity contribution < 1.29 is 9.90 Å². The van der Waals surface area contributed by atoms with Crippen LogP contribution in [0.25, 0.3) is 0 Å². The molecule has 1 saturated heterocycles. The highest BCUT2D eigenvalue weighted by Gasteiger charge is 2.17. The monoisotopic (exact) mass is 221 g/mol. The van der Waals surface area contributed by atoms with Crippen molar-refractivity contribution in [2.45, 2.75) is 13.0 Å². The fourth-order valence-corrected chi connectivity index (χ4v) is 1.67. The third kappa shape index (κ3) is 2.30. The van der Waals surface area contributed by atoms with Crippen molar-refractivity contribution in [3.05, 3.63) is 23.9 Å². The molecule has 5 nitrogen and oxygen atoms in total. The summed E-state index contributed by atoms with van der Waals surface area (Å²) in [5.41, 5.74) is 0.783. The number of aliphatic hydroxyl groups excluding tert-OH is 1. The Morgan fingerprint density at radius 3 is 2.94 bits per heavy atom. The Balaban J connectivity index is 2.11. The number of hydrogen-bond acceptors (Lipinski definition) is 4. The van der Waals surface area contributed by atoms with Gasteiger partial charge < -0.3 is 15.3 Å². The Morgan fingerprint density at radius 2 is 2.38 bits per heavy atom. The molecule has 1 aromatic heterocycles. The van der Waals surface area contributed by atoms with Gasteiger partial charge >= 0.3 is 0 Å². The summed E-state index contributed by atoms with van der Waals surface area (Å²) in [7, 11) is 0. The summed E-state index contributed by atoms with van der Waals surface area (Å²) in [6, 6.07) is 3.67. The first-order valence-corrected chi connectivity index (χ1v) is 5.32. The summed E-state index contributed by atoms with van der Waals surface area (Å²) in [6.07, 6.45) is 1.14. The fourth-order valence-electron chi connectivity index (χ4n) is 1.67. The first-order valence-electron chi connectivity index (χ1n) is 5.32. The molecule has 1 amide bonds. The van der Waals surface area contributed by atoms with E-state index in [4.69, 9.17) is 0 Å². The van der Waals surface area contributed by atoms with Crippen LogP contribution < -0.4 is 10.2 Å². The molecule has 0 bridgehead atoms. The average Bonchev–Trinajstić information content (AvgIpc) is 2.29. The quantitative estimate of drug-likeness (QED) is 0.741. The lowest BCUT2D eigenvalue weighted by atomic mass is 10.2. The lowest BCUT2D eigenvalue weighted by molar-refractivity contribution is -0.120. The van der Waals surface area contributed by atoms with E-state index in [1.54, 1.807) is 13.1 Å². The lowest BCUT2D eigenvalue weighted by Crippen LogP contribution is -2.48. The molecule has 86 valence electrons. The van der Waals surface area contributed by atoms with Gasteiger partial charge in [0.15, 0.2) is 0 Å². The van der Waals surface area contributed by atoms with Crippen molar-refractivity contribution in [3.63, 3.8) is 0 Å². The van der Waals surface area contributed by atoms with Gasteiger partial charge in [-0.25, -0.2) is 4.98 Å². The van der Waals surface area contributed by atoms with E-state index in [0.717, 1.165) is 17.9 Å². The van der Waals surface area contributed by atoms with Gasteiger partial charge in [-0.1, -0.05) is 6.07 Å². The summed E-state index contributed by atoms with van der Waals surface area (Å²) >= 11 is 0. The number of amides is 1. The van der Waals surface area contributed by atoms with Crippen LogP contribution in [-0.2, 0) is 4.79 Å². The second-order valence-corrected chi connectivity index (χ2v) is 3.90. The number of carbonyl (C=O) groups is 1. The topological polar surface area (TPSA) is 65.5 Å². The van der Waals surface area contributed by atoms with Crippen LogP contribution in [0.4, 0.5) is 5.82 Å². The van der Waals surface area contributed by atoms with Crippen LogP contribution >= 0.6 is 0 Å². The second-order valence-electron chi connectivity index (χ2n) is 3.90. The SMILES string of the molecule is CC(O)c1ccc(N2CCNC(=O)C2)nc1. The Labute approximate surface area is 94.1 Å². The molecule has 2 N–H and O–H groups in total. The molecule has 1 aliphatic rings. The van der Waals surface area contributed by atoms with E-state index < -0.39 is 6.10 Å². The van der Waals surface area contributed by atoms with E-state index >= 15 is 0 Å². The molecular formula is C11H15N3O2. The van der Waals surface area contributed by atoms with Crippen LogP contribution in [0, 0.1) is 0 Å². The first kappa shape index (κ1) is 10.9. The number of nitrogens with zero attached hydrogens (tertiary/aromatic N) is 2. The van der Waals surface area contributed by atoms with Crippen LogP contribution in [0.3, 0.4) is 0 Å². The number of piperazine rings is 1. The molecule has 1 unspecified atom stereocenters. The molecule has 0 radical (unpaired) electrons. The van der Waals surface area contributed by atoms with Crippen molar-refractivity contribution in [3.8, 4) is 0 Å². The number of aromatic nitrogens is 1. The Bertz CT molecular complexity index is 375. The first-order chi connectivity index (χ1) is 7.66. The van der Waals surface area contributed by atoms with E-state index in [9.17, 15) is 9.90 Å². The van der Waals surface area contributed by atoms with Gasteiger partial charge in [0.2, 0.25) is 5.91 Å². The summed E-state index contributed by atoms with van der Waals surface area (Å²) in [6.45, 7) is 3.47. The molecule has 1 atom stereocenters. The number of rotatable bonds is 2. The highest BCUT2D eigenvalue weighted by Crippen LogP contribution is 2.16. The van der Waals surface area contributed by atoms with Gasteiger partial charge in [-0.15, -0.1) is 0 Å². The molecule has 0 saturated carbocycles. The van der Waals surface area contributed by atoms with Gasteiger partial charge in [0.25, 0.3) is 0 Å². The van der Waals surface area contributed by atoms with Gasteiger partial charge in [0, 0.05) is 19.3 Å². The maximum Gasteiger partial charge on any atom is 0.239 e. The minimum Gasteiger partial charge on any atom is -0.389 e. The molecule has 5 heteroatoms. The van der Waals surface area contributed by atoms with Crippen molar-refractivity contribution in [1.29, 1.82) is 0 Å². The summed E-state index contributed by atoms with van der Waals surface area (Å²) in [5, 5.41) is 12.1. The Hall–Kier alpha value is -1.62. The molecule has 0 aliphatic carbocycles. The lowest BCUT2D eigenvalue weighted by Gasteiger charge is -2.27. The number of nitrogens with one attached hydrogen (secondary N) is 1. The van der Waals surface area contributed by atoms with Crippen molar-refractivity contribution in [2.24, 2.45) is 0 Å². The predicted octanol–water partition coefficient (Wildman–Crippen LogP) is 0.0711. The number of pyridine rings is 1. The molecular weight excluding hydrogens is 206 g/mol. The highest BCUT2D eigenvalue weighted by atomic mass is 16.3. The normalized spacial score (nSPS) is 18.1. The van der Waals surface area contributed by atoms with Gasteiger partial charge in [0.05, 0.1) is 12.6 Å². The fraction of sp³-hybridized carbons (Fsp3) is 0.455. The predicted molar refractivity (Wildman–Crippen MR) is 60.1 cm³/mol. The van der Waals surface area contributed by atoms with Crippen LogP contribution in [0.5, 0.6) is 0 Å². The van der Waals surface area contributed by atoms with E-state index in [0.29, 0.717) is 13.1 Å². The van der Waals surface area contributed by atoms with Gasteiger partial charge in [-0.05, 0) is 18.6 Å². The zero-order chi connectivity index (χ0) is 11.5. The zero-order valence-corrected chi connectivity index (χ0v) is 9.18. The maximum absolute atomic E-state index is 11.2. The molecule has 2 heterocycles. The number of carbonyl (C=O) groups excluding carboxylic acids is 1. The van der Waals surface area contributed by atoms with Crippen LogP contribution in [0.15, 0.2) is 18.3 Å². The van der Waals surface area contributed by atoms with E-state index in [1.807, 2.05) is 17.0 Å². The largest absolute Gasteiger partial charge is 0.389 e. The summed E-state index contributed by atoms with van der Waals surface area (Å²) in [4.78, 5) is 17.4. The third-order valence-electron chi connectivity index (χ3n) is 2.62. The highest BCUT2D eigenvalue weighted by molar-refractivity contribution is 5.82.